The lowest BCUT2D eigenvalue weighted by Crippen LogP contribution is -2.34. The Labute approximate surface area is 107 Å². The molecule has 1 saturated carbocycles. The lowest BCUT2D eigenvalue weighted by Gasteiger charge is -2.19. The fraction of sp³-hybridized carbons (Fsp3) is 0.545. The molecule has 0 amide bonds. The van der Waals surface area contributed by atoms with Crippen LogP contribution in [0.3, 0.4) is 0 Å². The molecule has 1 aromatic heterocycles. The van der Waals surface area contributed by atoms with Crippen LogP contribution < -0.4 is 5.73 Å². The zero-order valence-electron chi connectivity index (χ0n) is 10.4. The van der Waals surface area contributed by atoms with Gasteiger partial charge < -0.3 is 5.73 Å². The molecule has 0 aliphatic heterocycles. The molecule has 1 fully saturated rings. The van der Waals surface area contributed by atoms with E-state index < -0.39 is 10.0 Å². The molecule has 1 heterocycles. The van der Waals surface area contributed by atoms with Crippen molar-refractivity contribution in [1.82, 2.24) is 14.5 Å². The summed E-state index contributed by atoms with van der Waals surface area (Å²) >= 11 is 0. The van der Waals surface area contributed by atoms with Crippen LogP contribution in [-0.2, 0) is 16.6 Å². The van der Waals surface area contributed by atoms with Gasteiger partial charge in [0.25, 0.3) is 10.0 Å². The van der Waals surface area contributed by atoms with Crippen LogP contribution in [0.25, 0.3) is 0 Å². The van der Waals surface area contributed by atoms with Crippen molar-refractivity contribution in [3.63, 3.8) is 0 Å². The zero-order valence-corrected chi connectivity index (χ0v) is 11.2. The molecule has 6 nitrogen and oxygen atoms in total. The maximum atomic E-state index is 12.5. The van der Waals surface area contributed by atoms with E-state index >= 15 is 0 Å². The molecule has 0 unspecified atom stereocenters. The molecular weight excluding hydrogens is 252 g/mol. The Kier molecular flexibility index (Phi) is 3.56. The Morgan fingerprint density at radius 1 is 1.61 bits per heavy atom. The predicted molar refractivity (Wildman–Crippen MR) is 68.3 cm³/mol. The number of nitrogens with two attached hydrogens (primary N) is 1. The highest BCUT2D eigenvalue weighted by Crippen LogP contribution is 2.32. The van der Waals surface area contributed by atoms with Crippen molar-refractivity contribution in [2.75, 3.05) is 6.54 Å². The highest BCUT2D eigenvalue weighted by atomic mass is 32.2. The number of nitrogens with one attached hydrogen (secondary N) is 1. The van der Waals surface area contributed by atoms with E-state index in [9.17, 15) is 8.42 Å². The molecule has 0 spiro atoms. The third kappa shape index (κ3) is 2.21. The van der Waals surface area contributed by atoms with Crippen LogP contribution in [0.1, 0.15) is 24.1 Å². The van der Waals surface area contributed by atoms with Gasteiger partial charge in [0.05, 0.1) is 0 Å². The molecule has 18 heavy (non-hydrogen) atoms. The third-order valence-electron chi connectivity index (χ3n) is 3.06. The number of rotatable bonds is 6. The summed E-state index contributed by atoms with van der Waals surface area (Å²) in [5.41, 5.74) is 6.85. The van der Waals surface area contributed by atoms with E-state index in [-0.39, 0.29) is 17.6 Å². The number of hydrogen-bond donors (Lipinski definition) is 2. The van der Waals surface area contributed by atoms with Gasteiger partial charge in [-0.2, -0.15) is 9.40 Å². The van der Waals surface area contributed by atoms with Crippen molar-refractivity contribution < 1.29 is 8.42 Å². The van der Waals surface area contributed by atoms with Crippen molar-refractivity contribution >= 4 is 10.0 Å². The topological polar surface area (TPSA) is 92.1 Å². The van der Waals surface area contributed by atoms with E-state index in [1.165, 1.54) is 4.31 Å². The Balaban J connectivity index is 2.42. The fourth-order valence-corrected chi connectivity index (χ4v) is 3.76. The Hall–Kier alpha value is -1.18. The summed E-state index contributed by atoms with van der Waals surface area (Å²) in [7, 11) is -3.58. The summed E-state index contributed by atoms with van der Waals surface area (Å²) in [4.78, 5) is 0. The summed E-state index contributed by atoms with van der Waals surface area (Å²) in [6, 6.07) is 0.0793. The Bertz CT molecular complexity index is 545. The minimum absolute atomic E-state index is 0.0521. The number of nitrogens with zero attached hydrogens (tertiary/aromatic N) is 2. The molecule has 1 aromatic rings. The van der Waals surface area contributed by atoms with Crippen LogP contribution >= 0.6 is 0 Å². The van der Waals surface area contributed by atoms with Crippen LogP contribution in [-0.4, -0.2) is 35.5 Å². The van der Waals surface area contributed by atoms with Gasteiger partial charge >= 0.3 is 0 Å². The number of aryl methyl sites for hydroxylation is 1. The molecule has 0 radical (unpaired) electrons. The second-order valence-electron chi connectivity index (χ2n) is 4.43. The summed E-state index contributed by atoms with van der Waals surface area (Å²) in [6.07, 6.45) is 3.39. The first-order valence-corrected chi connectivity index (χ1v) is 7.33. The molecular formula is C11H18N4O2S. The minimum Gasteiger partial charge on any atom is -0.326 e. The average molecular weight is 270 g/mol. The highest BCUT2D eigenvalue weighted by Gasteiger charge is 2.39. The number of sulfonamides is 1. The van der Waals surface area contributed by atoms with Crippen LogP contribution in [0.2, 0.25) is 0 Å². The number of aromatic nitrogens is 2. The Morgan fingerprint density at radius 2 is 2.28 bits per heavy atom. The summed E-state index contributed by atoms with van der Waals surface area (Å²) in [5, 5.41) is 6.64. The van der Waals surface area contributed by atoms with E-state index in [0.29, 0.717) is 17.8 Å². The normalized spacial score (nSPS) is 16.2. The van der Waals surface area contributed by atoms with Gasteiger partial charge in [0, 0.05) is 30.4 Å². The number of hydrogen-bond acceptors (Lipinski definition) is 4. The Morgan fingerprint density at radius 3 is 2.78 bits per heavy atom. The van der Waals surface area contributed by atoms with Gasteiger partial charge in [0.15, 0.2) is 5.03 Å². The van der Waals surface area contributed by atoms with Gasteiger partial charge in [-0.15, -0.1) is 6.58 Å². The van der Waals surface area contributed by atoms with Gasteiger partial charge in [0.2, 0.25) is 0 Å². The minimum atomic E-state index is -3.58. The van der Waals surface area contributed by atoms with Gasteiger partial charge in [-0.3, -0.25) is 5.10 Å². The summed E-state index contributed by atoms with van der Waals surface area (Å²) in [5.74, 6) is 0. The highest BCUT2D eigenvalue weighted by molar-refractivity contribution is 7.89. The number of H-pyrrole nitrogens is 1. The third-order valence-corrected chi connectivity index (χ3v) is 4.95. The zero-order chi connectivity index (χ0) is 13.3. The van der Waals surface area contributed by atoms with Gasteiger partial charge in [-0.1, -0.05) is 6.08 Å². The van der Waals surface area contributed by atoms with E-state index in [1.54, 1.807) is 13.0 Å². The molecule has 1 aliphatic rings. The molecule has 0 saturated heterocycles. The number of aromatic amines is 1. The average Bonchev–Trinajstić information content (AvgIpc) is 3.08. The van der Waals surface area contributed by atoms with Gasteiger partial charge in [-0.05, 0) is 19.8 Å². The molecule has 3 N–H and O–H groups in total. The van der Waals surface area contributed by atoms with E-state index in [0.717, 1.165) is 12.8 Å². The standard InChI is InChI=1S/C11H18N4O2S/c1-3-6-15(9-4-5-9)18(16,17)11-10(7-12)8(2)13-14-11/h3,9H,1,4-7,12H2,2H3,(H,13,14). The quantitative estimate of drug-likeness (QED) is 0.737. The first-order chi connectivity index (χ1) is 8.52. The van der Waals surface area contributed by atoms with E-state index in [4.69, 9.17) is 5.73 Å². The lowest BCUT2D eigenvalue weighted by atomic mass is 10.3. The first-order valence-electron chi connectivity index (χ1n) is 5.89. The van der Waals surface area contributed by atoms with E-state index in [1.807, 2.05) is 0 Å². The van der Waals surface area contributed by atoms with Crippen molar-refractivity contribution in [3.8, 4) is 0 Å². The maximum Gasteiger partial charge on any atom is 0.263 e. The summed E-state index contributed by atoms with van der Waals surface area (Å²) in [6.45, 7) is 5.84. The fourth-order valence-electron chi connectivity index (χ4n) is 1.93. The molecule has 0 atom stereocenters. The second-order valence-corrected chi connectivity index (χ2v) is 6.24. The van der Waals surface area contributed by atoms with Gasteiger partial charge in [-0.25, -0.2) is 8.42 Å². The SMILES string of the molecule is C=CCN(C1CC1)S(=O)(=O)c1n[nH]c(C)c1CN. The van der Waals surface area contributed by atoms with Crippen molar-refractivity contribution in [3.05, 3.63) is 23.9 Å². The van der Waals surface area contributed by atoms with Crippen LogP contribution in [0.4, 0.5) is 0 Å². The first kappa shape index (κ1) is 13.3. The van der Waals surface area contributed by atoms with Crippen molar-refractivity contribution in [2.24, 2.45) is 5.73 Å². The van der Waals surface area contributed by atoms with Crippen LogP contribution in [0.5, 0.6) is 0 Å². The van der Waals surface area contributed by atoms with E-state index in [2.05, 4.69) is 16.8 Å². The maximum absolute atomic E-state index is 12.5. The molecule has 1 aliphatic carbocycles. The largest absolute Gasteiger partial charge is 0.326 e. The summed E-state index contributed by atoms with van der Waals surface area (Å²) < 4.78 is 26.5. The smallest absolute Gasteiger partial charge is 0.263 e. The van der Waals surface area contributed by atoms with Crippen molar-refractivity contribution in [2.45, 2.75) is 37.4 Å². The predicted octanol–water partition coefficient (Wildman–Crippen LogP) is 0.516. The van der Waals surface area contributed by atoms with Gasteiger partial charge in [0.1, 0.15) is 0 Å². The molecule has 100 valence electrons. The molecule has 0 bridgehead atoms. The van der Waals surface area contributed by atoms with Crippen LogP contribution in [0, 0.1) is 6.92 Å². The lowest BCUT2D eigenvalue weighted by molar-refractivity contribution is 0.432. The second kappa shape index (κ2) is 4.83. The molecule has 7 heteroatoms. The molecule has 2 rings (SSSR count). The van der Waals surface area contributed by atoms with Crippen LogP contribution in [0.15, 0.2) is 17.7 Å². The van der Waals surface area contributed by atoms with Crippen molar-refractivity contribution in [1.29, 1.82) is 0 Å². The molecule has 0 aromatic carbocycles. The monoisotopic (exact) mass is 270 g/mol.